The molecule has 1 unspecified atom stereocenters. The largest absolute Gasteiger partial charge is 0.454 e. The predicted molar refractivity (Wildman–Crippen MR) is 64.4 cm³/mol. The summed E-state index contributed by atoms with van der Waals surface area (Å²) in [6.07, 6.45) is -3.02. The van der Waals surface area contributed by atoms with Crippen LogP contribution < -0.4 is 14.8 Å². The summed E-state index contributed by atoms with van der Waals surface area (Å²) in [6, 6.07) is 5.25. The van der Waals surface area contributed by atoms with Crippen molar-refractivity contribution in [2.75, 3.05) is 13.3 Å². The number of halogens is 3. The van der Waals surface area contributed by atoms with Crippen LogP contribution in [0.5, 0.6) is 11.5 Å². The van der Waals surface area contributed by atoms with Crippen LogP contribution in [0, 0.1) is 0 Å². The number of benzene rings is 1. The molecule has 1 aliphatic rings. The Morgan fingerprint density at radius 1 is 1.26 bits per heavy atom. The highest BCUT2D eigenvalue weighted by molar-refractivity contribution is 5.44. The summed E-state index contributed by atoms with van der Waals surface area (Å²) in [5.41, 5.74) is 0.936. The van der Waals surface area contributed by atoms with Crippen LogP contribution in [0.15, 0.2) is 18.2 Å². The van der Waals surface area contributed by atoms with Crippen molar-refractivity contribution in [1.29, 1.82) is 0 Å². The number of hydrogen-bond donors (Lipinski definition) is 1. The summed E-state index contributed by atoms with van der Waals surface area (Å²) >= 11 is 0. The zero-order valence-electron chi connectivity index (χ0n) is 10.6. The van der Waals surface area contributed by atoms with Gasteiger partial charge in [0.15, 0.2) is 11.5 Å². The maximum atomic E-state index is 12.2. The molecule has 0 aromatic heterocycles. The molecule has 1 N–H and O–H groups in total. The molecule has 0 saturated carbocycles. The second-order valence-corrected chi connectivity index (χ2v) is 4.49. The lowest BCUT2D eigenvalue weighted by atomic mass is 10.0. The highest BCUT2D eigenvalue weighted by atomic mass is 19.4. The van der Waals surface area contributed by atoms with Crippen molar-refractivity contribution in [1.82, 2.24) is 5.32 Å². The molecular weight excluding hydrogens is 259 g/mol. The molecule has 0 saturated heterocycles. The van der Waals surface area contributed by atoms with E-state index in [-0.39, 0.29) is 12.8 Å². The Hall–Kier alpha value is -1.43. The highest BCUT2D eigenvalue weighted by Crippen LogP contribution is 2.32. The summed E-state index contributed by atoms with van der Waals surface area (Å²) in [5.74, 6) is 1.34. The molecule has 6 heteroatoms. The van der Waals surface area contributed by atoms with E-state index in [2.05, 4.69) is 5.32 Å². The molecule has 1 atom stereocenters. The summed E-state index contributed by atoms with van der Waals surface area (Å²) in [7, 11) is 0. The number of fused-ring (bicyclic) bond motifs is 1. The maximum absolute atomic E-state index is 12.2. The molecule has 0 spiro atoms. The van der Waals surface area contributed by atoms with E-state index in [9.17, 15) is 13.2 Å². The van der Waals surface area contributed by atoms with Crippen LogP contribution in [0.2, 0.25) is 0 Å². The van der Waals surface area contributed by atoms with E-state index < -0.39 is 12.7 Å². The van der Waals surface area contributed by atoms with Gasteiger partial charge in [0.2, 0.25) is 6.79 Å². The van der Waals surface area contributed by atoms with Gasteiger partial charge in [-0.05, 0) is 30.5 Å². The first-order valence-corrected chi connectivity index (χ1v) is 6.16. The van der Waals surface area contributed by atoms with E-state index in [1.807, 2.05) is 19.1 Å². The third kappa shape index (κ3) is 4.02. The lowest BCUT2D eigenvalue weighted by Crippen LogP contribution is -2.37. The first-order chi connectivity index (χ1) is 8.98. The van der Waals surface area contributed by atoms with Gasteiger partial charge in [-0.15, -0.1) is 0 Å². The fourth-order valence-electron chi connectivity index (χ4n) is 1.97. The molecule has 1 aromatic carbocycles. The van der Waals surface area contributed by atoms with E-state index in [0.29, 0.717) is 24.3 Å². The summed E-state index contributed by atoms with van der Waals surface area (Å²) in [6.45, 7) is 1.10. The molecule has 0 aliphatic carbocycles. The van der Waals surface area contributed by atoms with Gasteiger partial charge in [-0.1, -0.05) is 13.0 Å². The van der Waals surface area contributed by atoms with E-state index in [4.69, 9.17) is 9.47 Å². The quantitative estimate of drug-likeness (QED) is 0.896. The number of alkyl halides is 3. The average molecular weight is 275 g/mol. The van der Waals surface area contributed by atoms with Crippen LogP contribution >= 0.6 is 0 Å². The van der Waals surface area contributed by atoms with Crippen LogP contribution in [-0.4, -0.2) is 25.6 Å². The first kappa shape index (κ1) is 14.0. The van der Waals surface area contributed by atoms with E-state index >= 15 is 0 Å². The van der Waals surface area contributed by atoms with Gasteiger partial charge in [0, 0.05) is 6.04 Å². The predicted octanol–water partition coefficient (Wildman–Crippen LogP) is 2.89. The monoisotopic (exact) mass is 275 g/mol. The average Bonchev–Trinajstić information content (AvgIpc) is 2.80. The van der Waals surface area contributed by atoms with Crippen LogP contribution in [0.4, 0.5) is 13.2 Å². The molecule has 0 radical (unpaired) electrons. The lowest BCUT2D eigenvalue weighted by Gasteiger charge is -2.18. The smallest absolute Gasteiger partial charge is 0.401 e. The molecule has 1 heterocycles. The molecular formula is C13H16F3NO2. The normalized spacial score (nSPS) is 15.6. The lowest BCUT2D eigenvalue weighted by molar-refractivity contribution is -0.126. The van der Waals surface area contributed by atoms with Gasteiger partial charge in [0.25, 0.3) is 0 Å². The van der Waals surface area contributed by atoms with Crippen LogP contribution in [0.25, 0.3) is 0 Å². The van der Waals surface area contributed by atoms with Crippen LogP contribution in [0.3, 0.4) is 0 Å². The molecule has 19 heavy (non-hydrogen) atoms. The Kier molecular flexibility index (Phi) is 4.19. The second kappa shape index (κ2) is 5.69. The van der Waals surface area contributed by atoms with Gasteiger partial charge >= 0.3 is 6.18 Å². The van der Waals surface area contributed by atoms with E-state index in [0.717, 1.165) is 5.56 Å². The third-order valence-corrected chi connectivity index (χ3v) is 3.00. The van der Waals surface area contributed by atoms with Crippen molar-refractivity contribution < 1.29 is 22.6 Å². The second-order valence-electron chi connectivity index (χ2n) is 4.49. The van der Waals surface area contributed by atoms with Crippen molar-refractivity contribution in [2.24, 2.45) is 0 Å². The Morgan fingerprint density at radius 2 is 2.00 bits per heavy atom. The van der Waals surface area contributed by atoms with Crippen molar-refractivity contribution >= 4 is 0 Å². The molecule has 0 fully saturated rings. The Bertz CT molecular complexity index is 434. The minimum absolute atomic E-state index is 0.197. The van der Waals surface area contributed by atoms with Crippen molar-refractivity contribution in [2.45, 2.75) is 32.0 Å². The Balaban J connectivity index is 1.94. The van der Waals surface area contributed by atoms with Crippen molar-refractivity contribution in [3.05, 3.63) is 23.8 Å². The molecule has 0 bridgehead atoms. The SMILES string of the molecule is CCC(Cc1ccc2c(c1)OCO2)NCC(F)(F)F. The topological polar surface area (TPSA) is 30.5 Å². The maximum Gasteiger partial charge on any atom is 0.401 e. The molecule has 106 valence electrons. The van der Waals surface area contributed by atoms with Gasteiger partial charge in [0.1, 0.15) is 0 Å². The van der Waals surface area contributed by atoms with Crippen molar-refractivity contribution in [3.63, 3.8) is 0 Å². The Morgan fingerprint density at radius 3 is 2.68 bits per heavy atom. The zero-order valence-corrected chi connectivity index (χ0v) is 10.6. The highest BCUT2D eigenvalue weighted by Gasteiger charge is 2.27. The molecule has 0 amide bonds. The van der Waals surface area contributed by atoms with Gasteiger partial charge in [-0.2, -0.15) is 13.2 Å². The van der Waals surface area contributed by atoms with Crippen molar-refractivity contribution in [3.8, 4) is 11.5 Å². The number of nitrogens with one attached hydrogen (secondary N) is 1. The molecule has 3 nitrogen and oxygen atoms in total. The number of rotatable bonds is 5. The Labute approximate surface area is 109 Å². The van der Waals surface area contributed by atoms with Gasteiger partial charge in [-0.25, -0.2) is 0 Å². The molecule has 1 aromatic rings. The standard InChI is InChI=1S/C13H16F3NO2/c1-2-10(17-7-13(14,15)16)5-9-3-4-11-12(6-9)19-8-18-11/h3-4,6,10,17H,2,5,7-8H2,1H3. The molecule has 2 rings (SSSR count). The minimum Gasteiger partial charge on any atom is -0.454 e. The van der Waals surface area contributed by atoms with Gasteiger partial charge in [0.05, 0.1) is 6.54 Å². The summed E-state index contributed by atoms with van der Waals surface area (Å²) in [5, 5.41) is 2.53. The van der Waals surface area contributed by atoms with Gasteiger partial charge < -0.3 is 14.8 Å². The molecule has 1 aliphatic heterocycles. The summed E-state index contributed by atoms with van der Waals surface area (Å²) < 4.78 is 47.0. The van der Waals surface area contributed by atoms with Crippen LogP contribution in [0.1, 0.15) is 18.9 Å². The fourth-order valence-corrected chi connectivity index (χ4v) is 1.97. The zero-order chi connectivity index (χ0) is 13.9. The van der Waals surface area contributed by atoms with E-state index in [1.165, 1.54) is 0 Å². The first-order valence-electron chi connectivity index (χ1n) is 6.16. The third-order valence-electron chi connectivity index (χ3n) is 3.00. The van der Waals surface area contributed by atoms with E-state index in [1.54, 1.807) is 6.07 Å². The van der Waals surface area contributed by atoms with Crippen LogP contribution in [-0.2, 0) is 6.42 Å². The fraction of sp³-hybridized carbons (Fsp3) is 0.538. The number of hydrogen-bond acceptors (Lipinski definition) is 3. The number of ether oxygens (including phenoxy) is 2. The summed E-state index contributed by atoms with van der Waals surface area (Å²) in [4.78, 5) is 0. The van der Waals surface area contributed by atoms with Gasteiger partial charge in [-0.3, -0.25) is 0 Å². The minimum atomic E-state index is -4.18.